The lowest BCUT2D eigenvalue weighted by Crippen LogP contribution is -2.59. The predicted octanol–water partition coefficient (Wildman–Crippen LogP) is 4.03. The fourth-order valence-corrected chi connectivity index (χ4v) is 5.92. The van der Waals surface area contributed by atoms with Crippen LogP contribution in [0.2, 0.25) is 5.02 Å². The lowest BCUT2D eigenvalue weighted by atomic mass is 9.89. The first-order chi connectivity index (χ1) is 18.2. The summed E-state index contributed by atoms with van der Waals surface area (Å²) in [6.45, 7) is 6.44. The largest absolute Gasteiger partial charge is 0.475 e. The van der Waals surface area contributed by atoms with Crippen LogP contribution in [0.5, 0.6) is 5.75 Å². The number of nitrogens with zero attached hydrogens (tertiary/aromatic N) is 3. The number of unbranched alkanes of at least 4 members (excludes halogenated alkanes) is 1. The monoisotopic (exact) mass is 551 g/mol. The molecule has 1 aromatic carbocycles. The summed E-state index contributed by atoms with van der Waals surface area (Å²) in [4.78, 5) is 44.2. The van der Waals surface area contributed by atoms with Crippen molar-refractivity contribution in [3.63, 3.8) is 0 Å². The van der Waals surface area contributed by atoms with Crippen molar-refractivity contribution in [1.82, 2.24) is 9.80 Å². The number of fused-ring (bicyclic) bond motifs is 1. The molecule has 38 heavy (non-hydrogen) atoms. The number of carbonyl (C=O) groups is 3. The molecule has 2 fully saturated rings. The number of piperidine rings is 1. The molecule has 0 unspecified atom stereocenters. The van der Waals surface area contributed by atoms with Gasteiger partial charge in [0.25, 0.3) is 11.8 Å². The number of benzene rings is 1. The lowest BCUT2D eigenvalue weighted by molar-refractivity contribution is -0.144. The van der Waals surface area contributed by atoms with Gasteiger partial charge in [-0.2, -0.15) is 0 Å². The summed E-state index contributed by atoms with van der Waals surface area (Å²) >= 11 is 6.70. The van der Waals surface area contributed by atoms with Crippen LogP contribution in [-0.2, 0) is 14.3 Å². The topological polar surface area (TPSA) is 109 Å². The van der Waals surface area contributed by atoms with Gasteiger partial charge in [0.15, 0.2) is 5.60 Å². The third-order valence-electron chi connectivity index (χ3n) is 7.64. The predicted molar refractivity (Wildman–Crippen MR) is 142 cm³/mol. The van der Waals surface area contributed by atoms with Crippen molar-refractivity contribution in [2.24, 2.45) is 0 Å². The fourth-order valence-electron chi connectivity index (χ4n) is 5.68. The van der Waals surface area contributed by atoms with Crippen LogP contribution >= 0.6 is 11.6 Å². The van der Waals surface area contributed by atoms with E-state index in [1.54, 1.807) is 29.0 Å². The third-order valence-corrected chi connectivity index (χ3v) is 7.95. The minimum atomic E-state index is -1.01. The Balaban J connectivity index is 1.68. The number of anilines is 1. The van der Waals surface area contributed by atoms with Gasteiger partial charge >= 0.3 is 6.09 Å². The Morgan fingerprint density at radius 1 is 1.26 bits per heavy atom. The molecule has 1 spiro atoms. The van der Waals surface area contributed by atoms with Crippen LogP contribution in [0, 0.1) is 0 Å². The number of amides is 3. The Hall–Kier alpha value is -2.56. The van der Waals surface area contributed by atoms with Gasteiger partial charge in [0.05, 0.1) is 35.5 Å². The highest BCUT2D eigenvalue weighted by atomic mass is 35.5. The van der Waals surface area contributed by atoms with Crippen LogP contribution in [0.3, 0.4) is 0 Å². The Kier molecular flexibility index (Phi) is 9.05. The van der Waals surface area contributed by atoms with E-state index in [0.717, 1.165) is 12.8 Å². The molecule has 3 amide bonds. The van der Waals surface area contributed by atoms with E-state index in [4.69, 9.17) is 25.8 Å². The van der Waals surface area contributed by atoms with Crippen LogP contribution in [-0.4, -0.2) is 97.1 Å². The number of carboxylic acid groups (broad SMARTS) is 1. The molecule has 0 aliphatic carbocycles. The van der Waals surface area contributed by atoms with E-state index >= 15 is 0 Å². The van der Waals surface area contributed by atoms with Gasteiger partial charge in [-0.25, -0.2) is 4.79 Å². The molecule has 4 rings (SSSR count). The molecule has 0 aromatic heterocycles. The van der Waals surface area contributed by atoms with Gasteiger partial charge in [0.1, 0.15) is 5.75 Å². The maximum absolute atomic E-state index is 13.9. The highest BCUT2D eigenvalue weighted by Crippen LogP contribution is 2.44. The molecule has 10 nitrogen and oxygen atoms in total. The Morgan fingerprint density at radius 2 is 2.00 bits per heavy atom. The molecule has 3 aliphatic heterocycles. The molecular formula is C27H38ClN3O7. The molecule has 11 heteroatoms. The van der Waals surface area contributed by atoms with Crippen molar-refractivity contribution in [3.8, 4) is 5.75 Å². The minimum Gasteiger partial charge on any atom is -0.475 e. The summed E-state index contributed by atoms with van der Waals surface area (Å²) in [6.07, 6.45) is 2.79. The van der Waals surface area contributed by atoms with E-state index in [-0.39, 0.29) is 41.0 Å². The third kappa shape index (κ3) is 5.72. The molecule has 1 atom stereocenters. The van der Waals surface area contributed by atoms with Crippen molar-refractivity contribution in [3.05, 3.63) is 22.7 Å². The zero-order valence-electron chi connectivity index (χ0n) is 22.4. The van der Waals surface area contributed by atoms with Gasteiger partial charge < -0.3 is 34.0 Å². The van der Waals surface area contributed by atoms with Gasteiger partial charge in [0.2, 0.25) is 0 Å². The van der Waals surface area contributed by atoms with Gasteiger partial charge in [-0.05, 0) is 45.6 Å². The molecule has 0 radical (unpaired) electrons. The summed E-state index contributed by atoms with van der Waals surface area (Å²) in [5.41, 5.74) is -0.210. The molecule has 3 aliphatic rings. The second-order valence-corrected chi connectivity index (χ2v) is 10.9. The number of likely N-dealkylation sites (tertiary alicyclic amines) is 1. The van der Waals surface area contributed by atoms with E-state index in [1.165, 1.54) is 4.90 Å². The van der Waals surface area contributed by atoms with E-state index in [1.807, 2.05) is 13.8 Å². The van der Waals surface area contributed by atoms with Crippen molar-refractivity contribution in [1.29, 1.82) is 0 Å². The number of hydrogen-bond acceptors (Lipinski definition) is 6. The highest BCUT2D eigenvalue weighted by Gasteiger charge is 2.49. The van der Waals surface area contributed by atoms with Crippen LogP contribution in [0.25, 0.3) is 0 Å². The molecule has 0 bridgehead atoms. The van der Waals surface area contributed by atoms with Crippen LogP contribution in [0.15, 0.2) is 12.1 Å². The molecule has 1 aromatic rings. The van der Waals surface area contributed by atoms with Gasteiger partial charge in [-0.1, -0.05) is 11.6 Å². The average Bonchev–Trinajstić information content (AvgIpc) is 2.89. The summed E-state index contributed by atoms with van der Waals surface area (Å²) in [5, 5.41) is 9.74. The quantitative estimate of drug-likeness (QED) is 0.486. The van der Waals surface area contributed by atoms with Crippen LogP contribution in [0.1, 0.15) is 62.7 Å². The Labute approximate surface area is 228 Å². The number of halogens is 1. The van der Waals surface area contributed by atoms with Crippen molar-refractivity contribution in [2.75, 3.05) is 51.5 Å². The Morgan fingerprint density at radius 3 is 2.66 bits per heavy atom. The fraction of sp³-hybridized carbons (Fsp3) is 0.667. The Bertz CT molecular complexity index is 1040. The number of ether oxygens (including phenoxy) is 3. The molecule has 1 N–H and O–H groups in total. The maximum atomic E-state index is 13.9. The summed E-state index contributed by atoms with van der Waals surface area (Å²) in [6, 6.07) is 2.85. The van der Waals surface area contributed by atoms with E-state index in [9.17, 15) is 19.5 Å². The van der Waals surface area contributed by atoms with E-state index in [0.29, 0.717) is 70.0 Å². The maximum Gasteiger partial charge on any atom is 0.407 e. The number of hydrogen-bond donors (Lipinski definition) is 1. The van der Waals surface area contributed by atoms with E-state index in [2.05, 4.69) is 0 Å². The summed E-state index contributed by atoms with van der Waals surface area (Å²) in [5.74, 6) is 0.0605. The molecule has 210 valence electrons. The second-order valence-electron chi connectivity index (χ2n) is 10.5. The zero-order chi connectivity index (χ0) is 27.4. The van der Waals surface area contributed by atoms with Gasteiger partial charge in [-0.3, -0.25) is 9.59 Å². The molecule has 3 heterocycles. The van der Waals surface area contributed by atoms with E-state index < -0.39 is 11.7 Å². The van der Waals surface area contributed by atoms with Crippen LogP contribution in [0.4, 0.5) is 10.5 Å². The standard InChI is InChI=1S/C27H38ClN3O7/c1-18(2)31(19-7-6-10-29(17-19)26(34)35)24(32)20-15-22-23(16-21(20)28)38-27(8-13-37-14-9-27)25(33)30(22)11-4-5-12-36-3/h15-16,18-19H,4-14,17H2,1-3H3,(H,34,35)/t19-/m1/s1. The molecule has 0 saturated carbocycles. The number of rotatable bonds is 8. The van der Waals surface area contributed by atoms with Crippen molar-refractivity contribution in [2.45, 2.75) is 70.1 Å². The van der Waals surface area contributed by atoms with Crippen molar-refractivity contribution >= 4 is 35.2 Å². The van der Waals surface area contributed by atoms with Gasteiger partial charge in [0, 0.05) is 58.3 Å². The summed E-state index contributed by atoms with van der Waals surface area (Å²) in [7, 11) is 1.65. The highest BCUT2D eigenvalue weighted by molar-refractivity contribution is 6.34. The summed E-state index contributed by atoms with van der Waals surface area (Å²) < 4.78 is 17.0. The average molecular weight is 552 g/mol. The first-order valence-corrected chi connectivity index (χ1v) is 13.8. The molecular weight excluding hydrogens is 514 g/mol. The number of methoxy groups -OCH3 is 1. The second kappa shape index (κ2) is 12.1. The first kappa shape index (κ1) is 28.4. The minimum absolute atomic E-state index is 0.128. The molecule has 2 saturated heterocycles. The first-order valence-electron chi connectivity index (χ1n) is 13.4. The van der Waals surface area contributed by atoms with Crippen LogP contribution < -0.4 is 9.64 Å². The lowest BCUT2D eigenvalue weighted by Gasteiger charge is -2.45. The van der Waals surface area contributed by atoms with Gasteiger partial charge in [-0.15, -0.1) is 0 Å². The normalized spacial score (nSPS) is 20.9. The SMILES string of the molecule is COCCCCN1C(=O)C2(CCOCC2)Oc2cc(Cl)c(C(=O)N(C(C)C)[C@@H]3CCCN(C(=O)O)C3)cc21. The smallest absolute Gasteiger partial charge is 0.407 e. The number of carbonyl (C=O) groups excluding carboxylic acids is 2. The van der Waals surface area contributed by atoms with Crippen molar-refractivity contribution < 1.29 is 33.7 Å². The zero-order valence-corrected chi connectivity index (χ0v) is 23.2.